The van der Waals surface area contributed by atoms with Gasteiger partial charge >= 0.3 is 0 Å². The summed E-state index contributed by atoms with van der Waals surface area (Å²) in [5.41, 5.74) is 0.391. The highest BCUT2D eigenvalue weighted by atomic mass is 35.5. The first kappa shape index (κ1) is 30.9. The van der Waals surface area contributed by atoms with Crippen molar-refractivity contribution in [2.75, 3.05) is 26.1 Å². The number of aromatic nitrogens is 5. The van der Waals surface area contributed by atoms with E-state index in [9.17, 15) is 8.42 Å². The summed E-state index contributed by atoms with van der Waals surface area (Å²) in [6.45, 7) is 1.48. The molecule has 3 rings (SSSR count). The van der Waals surface area contributed by atoms with Gasteiger partial charge in [-0.05, 0) is 24.4 Å². The molecule has 0 aliphatic carbocycles. The molecule has 0 amide bonds. The van der Waals surface area contributed by atoms with E-state index in [0.717, 1.165) is 0 Å². The summed E-state index contributed by atoms with van der Waals surface area (Å²) >= 11 is 5.90. The molecule has 2 atom stereocenters. The molecule has 204 valence electrons. The number of nitrogens with one attached hydrogen (secondary N) is 1. The maximum absolute atomic E-state index is 13.7. The van der Waals surface area contributed by atoms with E-state index in [0.29, 0.717) is 28.0 Å². The lowest BCUT2D eigenvalue weighted by atomic mass is 9.50. The summed E-state index contributed by atoms with van der Waals surface area (Å²) in [4.78, 5) is 8.26. The molecular weight excluding hydrogens is 542 g/mol. The van der Waals surface area contributed by atoms with Gasteiger partial charge in [-0.1, -0.05) is 17.7 Å². The molecule has 0 aliphatic rings. The van der Waals surface area contributed by atoms with Crippen molar-refractivity contribution in [3.63, 3.8) is 0 Å². The molecule has 19 heteroatoms. The number of para-hydroxylation sites is 1. The van der Waals surface area contributed by atoms with Crippen molar-refractivity contribution in [3.05, 3.63) is 47.3 Å². The minimum Gasteiger partial charge on any atom is -0.494 e. The smallest absolute Gasteiger partial charge is 0.243 e. The van der Waals surface area contributed by atoms with Crippen LogP contribution in [0, 0.1) is 0 Å². The Kier molecular flexibility index (Phi) is 9.36. The number of methoxy groups -OCH3 is 3. The number of hydrogen-bond donors (Lipinski definition) is 1. The third-order valence-electron chi connectivity index (χ3n) is 5.69. The van der Waals surface area contributed by atoms with Crippen molar-refractivity contribution in [3.8, 4) is 17.2 Å². The van der Waals surface area contributed by atoms with Gasteiger partial charge in [-0.3, -0.25) is 9.29 Å². The van der Waals surface area contributed by atoms with E-state index < -0.39 is 32.1 Å². The molecular formula is C20H30B5ClN6O6S. The number of sulfonamides is 1. The zero-order chi connectivity index (χ0) is 29.2. The van der Waals surface area contributed by atoms with Gasteiger partial charge in [-0.25, -0.2) is 18.4 Å². The zero-order valence-electron chi connectivity index (χ0n) is 23.5. The molecule has 0 fully saturated rings. The summed E-state index contributed by atoms with van der Waals surface area (Å²) in [5, 5.41) is 6.18. The molecule has 0 spiro atoms. The fourth-order valence-electron chi connectivity index (χ4n) is 4.17. The lowest BCUT2D eigenvalue weighted by Crippen LogP contribution is -2.46. The van der Waals surface area contributed by atoms with Crippen LogP contribution in [-0.4, -0.2) is 104 Å². The molecule has 0 radical (unpaired) electrons. The molecule has 2 heterocycles. The Morgan fingerprint density at radius 3 is 2.05 bits per heavy atom. The van der Waals surface area contributed by atoms with Crippen molar-refractivity contribution in [2.24, 2.45) is 0 Å². The highest BCUT2D eigenvalue weighted by Gasteiger charge is 2.38. The highest BCUT2D eigenvalue weighted by molar-refractivity contribution is 7.93. The van der Waals surface area contributed by atoms with Crippen molar-refractivity contribution >= 4 is 66.8 Å². The van der Waals surface area contributed by atoms with Crippen LogP contribution in [0.25, 0.3) is 5.69 Å². The Morgan fingerprint density at radius 1 is 1.00 bits per heavy atom. The average molecular weight is 572 g/mol. The van der Waals surface area contributed by atoms with E-state index in [1.54, 1.807) is 18.2 Å². The van der Waals surface area contributed by atoms with Crippen LogP contribution < -0.4 is 14.2 Å². The fraction of sp³-hybridized carbons (Fsp3) is 0.400. The maximum atomic E-state index is 13.7. The Balaban J connectivity index is 2.17. The number of hydrogen-bond acceptors (Lipinski definition) is 10. The predicted molar refractivity (Wildman–Crippen MR) is 161 cm³/mol. The topological polar surface area (TPSA) is 140 Å². The van der Waals surface area contributed by atoms with Gasteiger partial charge < -0.3 is 18.9 Å². The van der Waals surface area contributed by atoms with E-state index in [1.807, 2.05) is 39.2 Å². The first-order chi connectivity index (χ1) is 18.1. The predicted octanol–water partition coefficient (Wildman–Crippen LogP) is -2.85. The molecule has 12 nitrogen and oxygen atoms in total. The van der Waals surface area contributed by atoms with E-state index in [2.05, 4.69) is 24.9 Å². The van der Waals surface area contributed by atoms with Crippen molar-refractivity contribution < 1.29 is 27.4 Å². The van der Waals surface area contributed by atoms with Crippen molar-refractivity contribution in [1.29, 1.82) is 0 Å². The van der Waals surface area contributed by atoms with Crippen LogP contribution in [0.5, 0.6) is 11.5 Å². The quantitative estimate of drug-likeness (QED) is 0.226. The largest absolute Gasteiger partial charge is 0.494 e. The Bertz CT molecular complexity index is 1380. The SMILES string of the molecule is BC(B)(B)OC(B)(B)c1nnc(NS(=O)(=O)[C@@H](C)[C@H](OC)c2ncc(Cl)cn2)n1-c1c(OC)cccc1OC. The van der Waals surface area contributed by atoms with E-state index in [4.69, 9.17) is 30.5 Å². The number of anilines is 1. The Labute approximate surface area is 238 Å². The van der Waals surface area contributed by atoms with Gasteiger partial charge in [-0.15, -0.1) is 10.2 Å². The zero-order valence-corrected chi connectivity index (χ0v) is 25.1. The van der Waals surface area contributed by atoms with Gasteiger partial charge in [0.25, 0.3) is 0 Å². The molecule has 0 saturated heterocycles. The molecule has 0 unspecified atom stereocenters. The van der Waals surface area contributed by atoms with E-state index in [-0.39, 0.29) is 11.8 Å². The fourth-order valence-corrected chi connectivity index (χ4v) is 5.40. The van der Waals surface area contributed by atoms with Crippen molar-refractivity contribution in [1.82, 2.24) is 24.7 Å². The molecule has 2 aromatic heterocycles. The maximum Gasteiger partial charge on any atom is 0.243 e. The van der Waals surface area contributed by atoms with E-state index in [1.165, 1.54) is 45.2 Å². The minimum absolute atomic E-state index is 0.0999. The second-order valence-electron chi connectivity index (χ2n) is 10.2. The highest BCUT2D eigenvalue weighted by Crippen LogP contribution is 2.38. The van der Waals surface area contributed by atoms with Gasteiger partial charge in [0.1, 0.15) is 67.8 Å². The number of nitrogens with zero attached hydrogens (tertiary/aromatic N) is 5. The second kappa shape index (κ2) is 11.8. The first-order valence-electron chi connectivity index (χ1n) is 12.0. The van der Waals surface area contributed by atoms with Crippen LogP contribution in [0.1, 0.15) is 24.7 Å². The van der Waals surface area contributed by atoms with Crippen LogP contribution >= 0.6 is 11.6 Å². The normalized spacial score (nSPS) is 14.0. The molecule has 0 aliphatic heterocycles. The van der Waals surface area contributed by atoms with Gasteiger partial charge in [0.2, 0.25) is 16.0 Å². The lowest BCUT2D eigenvalue weighted by molar-refractivity contribution is 0.0618. The summed E-state index contributed by atoms with van der Waals surface area (Å²) in [5.74, 6) is 1.18. The van der Waals surface area contributed by atoms with E-state index >= 15 is 0 Å². The Morgan fingerprint density at radius 2 is 1.56 bits per heavy atom. The molecule has 39 heavy (non-hydrogen) atoms. The van der Waals surface area contributed by atoms with Crippen LogP contribution in [0.2, 0.25) is 5.02 Å². The minimum atomic E-state index is -4.15. The van der Waals surface area contributed by atoms with Gasteiger partial charge in [0.15, 0.2) is 11.6 Å². The summed E-state index contributed by atoms with van der Waals surface area (Å²) in [7, 11) is 9.60. The monoisotopic (exact) mass is 572 g/mol. The van der Waals surface area contributed by atoms with Crippen LogP contribution in [0.15, 0.2) is 30.6 Å². The second-order valence-corrected chi connectivity index (χ2v) is 12.7. The van der Waals surface area contributed by atoms with Gasteiger partial charge in [0.05, 0.1) is 24.6 Å². The molecule has 3 aromatic rings. The van der Waals surface area contributed by atoms with Crippen LogP contribution in [0.4, 0.5) is 5.95 Å². The van der Waals surface area contributed by atoms with Crippen LogP contribution in [-0.2, 0) is 24.9 Å². The molecule has 0 saturated carbocycles. The number of rotatable bonds is 12. The lowest BCUT2D eigenvalue weighted by Gasteiger charge is -2.34. The summed E-state index contributed by atoms with van der Waals surface area (Å²) < 4.78 is 54.4. The number of ether oxygens (including phenoxy) is 4. The van der Waals surface area contributed by atoms with Gasteiger partial charge in [-0.2, -0.15) is 0 Å². The first-order valence-corrected chi connectivity index (χ1v) is 14.0. The van der Waals surface area contributed by atoms with Crippen LogP contribution in [0.3, 0.4) is 0 Å². The number of benzene rings is 1. The Hall–Kier alpha value is -2.68. The third kappa shape index (κ3) is 6.91. The summed E-state index contributed by atoms with van der Waals surface area (Å²) in [6.07, 6.45) is 1.74. The van der Waals surface area contributed by atoms with Crippen molar-refractivity contribution in [2.45, 2.75) is 29.0 Å². The number of halogens is 1. The summed E-state index contributed by atoms with van der Waals surface area (Å²) in [6, 6.07) is 5.20. The molecule has 1 aromatic carbocycles. The average Bonchev–Trinajstić information content (AvgIpc) is 3.26. The molecule has 1 N–H and O–H groups in total. The standard InChI is InChI=1S/C20H30B5ClN6O6S/c1-10(15(37-4)16-27-8-11(26)9-28-16)39(33,34)31-18-30-29-17(19(21,22)38-20(23,24)25)32(18)14-12(35-2)6-5-7-13(14)36-3/h5-10,15H,21-25H2,1-4H3,(H,30,31)/t10-,15-/m0/s1. The third-order valence-corrected chi connectivity index (χ3v) is 7.57. The van der Waals surface area contributed by atoms with Gasteiger partial charge in [0, 0.05) is 19.5 Å². The molecule has 0 bridgehead atoms.